The monoisotopic (exact) mass is 405 g/mol. The molecule has 1 aliphatic rings. The molecular formula is C20H28ClN5O2. The summed E-state index contributed by atoms with van der Waals surface area (Å²) in [5, 5.41) is 11.0. The van der Waals surface area contributed by atoms with E-state index in [1.54, 1.807) is 21.4 Å². The lowest BCUT2D eigenvalue weighted by atomic mass is 10.1. The zero-order valence-corrected chi connectivity index (χ0v) is 17.4. The number of carbonyl (C=O) groups is 1. The number of nitrogens with one attached hydrogen (secondary N) is 2. The summed E-state index contributed by atoms with van der Waals surface area (Å²) in [5.41, 5.74) is 1.48. The van der Waals surface area contributed by atoms with E-state index in [0.717, 1.165) is 24.2 Å². The van der Waals surface area contributed by atoms with Crippen LogP contribution in [0.25, 0.3) is 0 Å². The van der Waals surface area contributed by atoms with Crippen molar-refractivity contribution in [1.29, 1.82) is 0 Å². The van der Waals surface area contributed by atoms with Crippen LogP contribution < -0.4 is 16.3 Å². The molecule has 28 heavy (non-hydrogen) atoms. The lowest BCUT2D eigenvalue weighted by Crippen LogP contribution is -2.38. The molecular weight excluding hydrogens is 378 g/mol. The first-order chi connectivity index (χ1) is 13.3. The molecule has 0 bridgehead atoms. The van der Waals surface area contributed by atoms with Crippen molar-refractivity contribution >= 4 is 23.3 Å². The van der Waals surface area contributed by atoms with Gasteiger partial charge in [-0.1, -0.05) is 31.5 Å². The fourth-order valence-electron chi connectivity index (χ4n) is 3.39. The SMILES string of the molecule is Cc1c(Cl)cccc1NC(=O)NC1CCc2nn(CCC(C)C)c(=O)n2CC1. The van der Waals surface area contributed by atoms with Crippen LogP contribution in [0.1, 0.15) is 44.5 Å². The average molecular weight is 406 g/mol. The normalized spacial score (nSPS) is 16.5. The van der Waals surface area contributed by atoms with Gasteiger partial charge in [0.05, 0.1) is 0 Å². The third-order valence-corrected chi connectivity index (χ3v) is 5.60. The van der Waals surface area contributed by atoms with Crippen molar-refractivity contribution in [3.63, 3.8) is 0 Å². The predicted octanol–water partition coefficient (Wildman–Crippen LogP) is 3.58. The van der Waals surface area contributed by atoms with Gasteiger partial charge in [-0.25, -0.2) is 14.3 Å². The number of benzene rings is 1. The van der Waals surface area contributed by atoms with Crippen LogP contribution in [-0.2, 0) is 19.5 Å². The van der Waals surface area contributed by atoms with Crippen LogP contribution in [0, 0.1) is 12.8 Å². The molecule has 2 amide bonds. The second-order valence-corrected chi connectivity index (χ2v) is 8.20. The van der Waals surface area contributed by atoms with Crippen molar-refractivity contribution < 1.29 is 4.79 Å². The molecule has 2 N–H and O–H groups in total. The molecule has 0 fully saturated rings. The molecule has 1 aromatic carbocycles. The first kappa shape index (κ1) is 20.5. The predicted molar refractivity (Wildman–Crippen MR) is 111 cm³/mol. The Hall–Kier alpha value is -2.28. The fourth-order valence-corrected chi connectivity index (χ4v) is 3.56. The summed E-state index contributed by atoms with van der Waals surface area (Å²) in [6.45, 7) is 7.36. The number of halogens is 1. The molecule has 152 valence electrons. The van der Waals surface area contributed by atoms with Crippen LogP contribution in [0.3, 0.4) is 0 Å². The van der Waals surface area contributed by atoms with Crippen molar-refractivity contribution in [1.82, 2.24) is 19.7 Å². The molecule has 0 spiro atoms. The number of anilines is 1. The molecule has 1 aromatic heterocycles. The van der Waals surface area contributed by atoms with Crippen molar-refractivity contribution in [3.05, 3.63) is 45.1 Å². The quantitative estimate of drug-likeness (QED) is 0.797. The highest BCUT2D eigenvalue weighted by atomic mass is 35.5. The van der Waals surface area contributed by atoms with Crippen LogP contribution in [0.15, 0.2) is 23.0 Å². The number of aryl methyl sites for hydroxylation is 2. The molecule has 8 heteroatoms. The van der Waals surface area contributed by atoms with Gasteiger partial charge in [-0.05, 0) is 49.8 Å². The van der Waals surface area contributed by atoms with Gasteiger partial charge in [-0.15, -0.1) is 0 Å². The number of carbonyl (C=O) groups excluding carboxylic acids is 1. The van der Waals surface area contributed by atoms with Gasteiger partial charge >= 0.3 is 11.7 Å². The van der Waals surface area contributed by atoms with E-state index in [-0.39, 0.29) is 17.8 Å². The highest BCUT2D eigenvalue weighted by Crippen LogP contribution is 2.23. The molecule has 2 aromatic rings. The maximum absolute atomic E-state index is 12.6. The molecule has 1 atom stereocenters. The van der Waals surface area contributed by atoms with Crippen molar-refractivity contribution in [2.45, 2.75) is 65.6 Å². The Bertz CT molecular complexity index is 902. The molecule has 0 saturated carbocycles. The van der Waals surface area contributed by atoms with E-state index in [1.165, 1.54) is 0 Å². The summed E-state index contributed by atoms with van der Waals surface area (Å²) in [5.74, 6) is 1.34. The van der Waals surface area contributed by atoms with Crippen molar-refractivity contribution in [2.75, 3.05) is 5.32 Å². The highest BCUT2D eigenvalue weighted by Gasteiger charge is 2.22. The Labute approximate surface area is 170 Å². The third-order valence-electron chi connectivity index (χ3n) is 5.19. The van der Waals surface area contributed by atoms with Gasteiger partial charge in [0.1, 0.15) is 5.82 Å². The van der Waals surface area contributed by atoms with Gasteiger partial charge in [0, 0.05) is 36.3 Å². The first-order valence-corrected chi connectivity index (χ1v) is 10.2. The summed E-state index contributed by atoms with van der Waals surface area (Å²) in [4.78, 5) is 25.0. The zero-order valence-electron chi connectivity index (χ0n) is 16.7. The van der Waals surface area contributed by atoms with Crippen LogP contribution in [0.4, 0.5) is 10.5 Å². The first-order valence-electron chi connectivity index (χ1n) is 9.84. The van der Waals surface area contributed by atoms with Gasteiger partial charge in [0.2, 0.25) is 0 Å². The summed E-state index contributed by atoms with van der Waals surface area (Å²) in [6, 6.07) is 5.15. The Morgan fingerprint density at radius 2 is 2.14 bits per heavy atom. The fraction of sp³-hybridized carbons (Fsp3) is 0.550. The summed E-state index contributed by atoms with van der Waals surface area (Å²) in [7, 11) is 0. The molecule has 0 saturated heterocycles. The number of rotatable bonds is 5. The lowest BCUT2D eigenvalue weighted by Gasteiger charge is -2.17. The molecule has 3 rings (SSSR count). The summed E-state index contributed by atoms with van der Waals surface area (Å²) < 4.78 is 3.33. The Morgan fingerprint density at radius 1 is 1.36 bits per heavy atom. The second kappa shape index (κ2) is 8.82. The van der Waals surface area contributed by atoms with Crippen molar-refractivity contribution in [2.24, 2.45) is 5.92 Å². The Morgan fingerprint density at radius 3 is 2.89 bits per heavy atom. The molecule has 7 nitrogen and oxygen atoms in total. The van der Waals surface area contributed by atoms with Crippen LogP contribution >= 0.6 is 11.6 Å². The molecule has 1 unspecified atom stereocenters. The van der Waals surface area contributed by atoms with E-state index in [9.17, 15) is 9.59 Å². The molecule has 2 heterocycles. The van der Waals surface area contributed by atoms with Crippen LogP contribution in [-0.4, -0.2) is 26.4 Å². The summed E-state index contributed by atoms with van der Waals surface area (Å²) in [6.07, 6.45) is 3.06. The maximum atomic E-state index is 12.6. The van der Waals surface area contributed by atoms with E-state index in [4.69, 9.17) is 11.6 Å². The number of nitrogens with zero attached hydrogens (tertiary/aromatic N) is 3. The van der Waals surface area contributed by atoms with Gasteiger partial charge in [0.25, 0.3) is 0 Å². The standard InChI is InChI=1S/C20H28ClN5O2/c1-13(2)9-12-26-20(28)25-11-10-15(7-8-18(25)24-26)22-19(27)23-17-6-4-5-16(21)14(17)3/h4-6,13,15H,7-12H2,1-3H3,(H2,22,23,27). The van der Waals surface area contributed by atoms with E-state index in [1.807, 2.05) is 13.0 Å². The molecule has 1 aliphatic heterocycles. The minimum atomic E-state index is -0.260. The zero-order chi connectivity index (χ0) is 20.3. The summed E-state index contributed by atoms with van der Waals surface area (Å²) >= 11 is 6.10. The molecule has 0 radical (unpaired) electrons. The van der Waals surface area contributed by atoms with E-state index in [0.29, 0.717) is 42.6 Å². The highest BCUT2D eigenvalue weighted by molar-refractivity contribution is 6.31. The minimum Gasteiger partial charge on any atom is -0.335 e. The smallest absolute Gasteiger partial charge is 0.335 e. The maximum Gasteiger partial charge on any atom is 0.345 e. The number of hydrogen-bond donors (Lipinski definition) is 2. The number of hydrogen-bond acceptors (Lipinski definition) is 3. The van der Waals surface area contributed by atoms with E-state index < -0.39 is 0 Å². The number of amides is 2. The lowest BCUT2D eigenvalue weighted by molar-refractivity contribution is 0.247. The third kappa shape index (κ3) is 4.76. The van der Waals surface area contributed by atoms with Crippen LogP contribution in [0.2, 0.25) is 5.02 Å². The van der Waals surface area contributed by atoms with Gasteiger partial charge in [-0.3, -0.25) is 4.57 Å². The van der Waals surface area contributed by atoms with Crippen LogP contribution in [0.5, 0.6) is 0 Å². The Balaban J connectivity index is 1.59. The topological polar surface area (TPSA) is 81.0 Å². The van der Waals surface area contributed by atoms with E-state index in [2.05, 4.69) is 29.6 Å². The Kier molecular flexibility index (Phi) is 6.44. The second-order valence-electron chi connectivity index (χ2n) is 7.79. The molecule has 0 aliphatic carbocycles. The average Bonchev–Trinajstić information content (AvgIpc) is 2.80. The number of aromatic nitrogens is 3. The minimum absolute atomic E-state index is 0.00953. The van der Waals surface area contributed by atoms with Crippen molar-refractivity contribution in [3.8, 4) is 0 Å². The van der Waals surface area contributed by atoms with Gasteiger partial charge in [0.15, 0.2) is 0 Å². The van der Waals surface area contributed by atoms with Gasteiger partial charge in [-0.2, -0.15) is 5.10 Å². The number of fused-ring (bicyclic) bond motifs is 1. The largest absolute Gasteiger partial charge is 0.345 e. The van der Waals surface area contributed by atoms with Gasteiger partial charge < -0.3 is 10.6 Å². The van der Waals surface area contributed by atoms with E-state index >= 15 is 0 Å². The number of urea groups is 1.